The first-order valence-corrected chi connectivity index (χ1v) is 6.29. The largest absolute Gasteiger partial charge is 0.508 e. The smallest absolute Gasteiger partial charge is 0.234 e. The van der Waals surface area contributed by atoms with Crippen molar-refractivity contribution in [2.24, 2.45) is 0 Å². The fourth-order valence-electron chi connectivity index (χ4n) is 2.27. The van der Waals surface area contributed by atoms with Gasteiger partial charge in [-0.25, -0.2) is 0 Å². The molecule has 0 saturated carbocycles. The first-order valence-electron chi connectivity index (χ1n) is 6.29. The van der Waals surface area contributed by atoms with Gasteiger partial charge in [-0.3, -0.25) is 4.79 Å². The third-order valence-corrected chi connectivity index (χ3v) is 3.57. The van der Waals surface area contributed by atoms with Crippen LogP contribution in [0.1, 0.15) is 18.1 Å². The number of carbonyl (C=O) groups excluding carboxylic acids is 1. The van der Waals surface area contributed by atoms with Crippen LogP contribution in [0.5, 0.6) is 11.5 Å². The Kier molecular flexibility index (Phi) is 3.66. The van der Waals surface area contributed by atoms with E-state index in [1.807, 2.05) is 6.92 Å². The van der Waals surface area contributed by atoms with Gasteiger partial charge in [-0.05, 0) is 42.3 Å². The molecule has 2 aromatic rings. The summed E-state index contributed by atoms with van der Waals surface area (Å²) in [4.78, 5) is 12.4. The Balaban J connectivity index is 2.58. The van der Waals surface area contributed by atoms with Crippen molar-refractivity contribution >= 4 is 5.91 Å². The highest BCUT2D eigenvalue weighted by Gasteiger charge is 2.36. The van der Waals surface area contributed by atoms with Crippen LogP contribution < -0.4 is 5.32 Å². The summed E-state index contributed by atoms with van der Waals surface area (Å²) >= 11 is 0. The molecule has 0 saturated heterocycles. The molecule has 4 nitrogen and oxygen atoms in total. The van der Waals surface area contributed by atoms with Crippen LogP contribution in [-0.2, 0) is 10.2 Å². The summed E-state index contributed by atoms with van der Waals surface area (Å²) in [5.41, 5.74) is 0.636. The van der Waals surface area contributed by atoms with E-state index in [9.17, 15) is 15.0 Å². The molecule has 0 atom stereocenters. The Morgan fingerprint density at radius 3 is 1.55 bits per heavy atom. The minimum atomic E-state index is -0.893. The van der Waals surface area contributed by atoms with Crippen LogP contribution in [0, 0.1) is 0 Å². The SMILES string of the molecule is CNC(=O)C(C)(c1ccc(O)cc1)c1ccc(O)cc1. The molecule has 0 heterocycles. The second-order valence-corrected chi connectivity index (χ2v) is 4.80. The fourth-order valence-corrected chi connectivity index (χ4v) is 2.27. The van der Waals surface area contributed by atoms with Crippen molar-refractivity contribution in [3.8, 4) is 11.5 Å². The van der Waals surface area contributed by atoms with Crippen LogP contribution in [-0.4, -0.2) is 23.2 Å². The van der Waals surface area contributed by atoms with Gasteiger partial charge in [-0.15, -0.1) is 0 Å². The van der Waals surface area contributed by atoms with E-state index in [1.54, 1.807) is 55.6 Å². The van der Waals surface area contributed by atoms with Gasteiger partial charge in [0.25, 0.3) is 0 Å². The number of phenolic OH excluding ortho intramolecular Hbond substituents is 2. The van der Waals surface area contributed by atoms with Crippen molar-refractivity contribution in [1.82, 2.24) is 5.32 Å². The number of phenols is 2. The molecule has 0 radical (unpaired) electrons. The van der Waals surface area contributed by atoms with Gasteiger partial charge in [-0.1, -0.05) is 24.3 Å². The Labute approximate surface area is 117 Å². The van der Waals surface area contributed by atoms with E-state index in [1.165, 1.54) is 0 Å². The average molecular weight is 271 g/mol. The van der Waals surface area contributed by atoms with E-state index in [4.69, 9.17) is 0 Å². The van der Waals surface area contributed by atoms with Crippen LogP contribution in [0.3, 0.4) is 0 Å². The number of carbonyl (C=O) groups is 1. The quantitative estimate of drug-likeness (QED) is 0.801. The number of benzene rings is 2. The molecule has 0 aliphatic heterocycles. The summed E-state index contributed by atoms with van der Waals surface area (Å²) in [5, 5.41) is 21.5. The van der Waals surface area contributed by atoms with Gasteiger partial charge in [0.2, 0.25) is 5.91 Å². The molecule has 0 fully saturated rings. The number of amides is 1. The standard InChI is InChI=1S/C16H17NO3/c1-16(15(20)17-2,11-3-7-13(18)8-4-11)12-5-9-14(19)10-6-12/h3-10,18-19H,1-2H3,(H,17,20). The summed E-state index contributed by atoms with van der Waals surface area (Å²) in [6, 6.07) is 13.1. The molecule has 0 bridgehead atoms. The van der Waals surface area contributed by atoms with E-state index in [2.05, 4.69) is 5.32 Å². The van der Waals surface area contributed by atoms with E-state index < -0.39 is 5.41 Å². The predicted molar refractivity (Wildman–Crippen MR) is 76.7 cm³/mol. The van der Waals surface area contributed by atoms with Gasteiger partial charge in [0.15, 0.2) is 0 Å². The minimum Gasteiger partial charge on any atom is -0.508 e. The molecule has 0 spiro atoms. The molecule has 0 aromatic heterocycles. The fraction of sp³-hybridized carbons (Fsp3) is 0.188. The van der Waals surface area contributed by atoms with Gasteiger partial charge in [0.1, 0.15) is 11.5 Å². The van der Waals surface area contributed by atoms with Crippen LogP contribution in [0.2, 0.25) is 0 Å². The number of hydrogen-bond donors (Lipinski definition) is 3. The molecule has 2 aromatic carbocycles. The number of hydrogen-bond acceptors (Lipinski definition) is 3. The van der Waals surface area contributed by atoms with E-state index in [0.29, 0.717) is 0 Å². The van der Waals surface area contributed by atoms with Crippen molar-refractivity contribution in [2.75, 3.05) is 7.05 Å². The second-order valence-electron chi connectivity index (χ2n) is 4.80. The third-order valence-electron chi connectivity index (χ3n) is 3.57. The first kappa shape index (κ1) is 13.9. The van der Waals surface area contributed by atoms with E-state index in [0.717, 1.165) is 11.1 Å². The van der Waals surface area contributed by atoms with E-state index in [-0.39, 0.29) is 17.4 Å². The number of aromatic hydroxyl groups is 2. The van der Waals surface area contributed by atoms with Crippen molar-refractivity contribution < 1.29 is 15.0 Å². The topological polar surface area (TPSA) is 69.6 Å². The lowest BCUT2D eigenvalue weighted by atomic mass is 9.75. The normalized spacial score (nSPS) is 11.1. The lowest BCUT2D eigenvalue weighted by Crippen LogP contribution is -2.41. The molecule has 104 valence electrons. The van der Waals surface area contributed by atoms with Gasteiger partial charge >= 0.3 is 0 Å². The number of nitrogens with one attached hydrogen (secondary N) is 1. The Hall–Kier alpha value is -2.49. The molecule has 4 heteroatoms. The maximum atomic E-state index is 12.4. The monoisotopic (exact) mass is 271 g/mol. The zero-order chi connectivity index (χ0) is 14.8. The van der Waals surface area contributed by atoms with Gasteiger partial charge in [0, 0.05) is 7.05 Å². The summed E-state index contributed by atoms with van der Waals surface area (Å²) in [6.07, 6.45) is 0. The van der Waals surface area contributed by atoms with Crippen LogP contribution in [0.15, 0.2) is 48.5 Å². The van der Waals surface area contributed by atoms with Crippen molar-refractivity contribution in [3.63, 3.8) is 0 Å². The molecule has 3 N–H and O–H groups in total. The highest BCUT2D eigenvalue weighted by atomic mass is 16.3. The van der Waals surface area contributed by atoms with Crippen molar-refractivity contribution in [2.45, 2.75) is 12.3 Å². The van der Waals surface area contributed by atoms with Crippen molar-refractivity contribution in [1.29, 1.82) is 0 Å². The lowest BCUT2D eigenvalue weighted by molar-refractivity contribution is -0.124. The van der Waals surface area contributed by atoms with E-state index >= 15 is 0 Å². The molecular formula is C16H17NO3. The number of likely N-dealkylation sites (N-methyl/N-ethyl adjacent to an activating group) is 1. The minimum absolute atomic E-state index is 0.152. The average Bonchev–Trinajstić information content (AvgIpc) is 2.47. The Morgan fingerprint density at radius 1 is 0.900 bits per heavy atom. The highest BCUT2D eigenvalue weighted by molar-refractivity contribution is 5.91. The summed E-state index contributed by atoms with van der Waals surface area (Å²) in [6.45, 7) is 1.81. The predicted octanol–water partition coefficient (Wildman–Crippen LogP) is 2.15. The van der Waals surface area contributed by atoms with Gasteiger partial charge < -0.3 is 15.5 Å². The molecule has 2 rings (SSSR count). The molecule has 0 unspecified atom stereocenters. The molecule has 0 aliphatic carbocycles. The van der Waals surface area contributed by atoms with Crippen LogP contribution in [0.4, 0.5) is 0 Å². The van der Waals surface area contributed by atoms with Crippen LogP contribution >= 0.6 is 0 Å². The van der Waals surface area contributed by atoms with Gasteiger partial charge in [0.05, 0.1) is 5.41 Å². The maximum Gasteiger partial charge on any atom is 0.234 e. The lowest BCUT2D eigenvalue weighted by Gasteiger charge is -2.29. The van der Waals surface area contributed by atoms with Crippen LogP contribution in [0.25, 0.3) is 0 Å². The maximum absolute atomic E-state index is 12.4. The van der Waals surface area contributed by atoms with Crippen molar-refractivity contribution in [3.05, 3.63) is 59.7 Å². The first-order chi connectivity index (χ1) is 9.48. The summed E-state index contributed by atoms with van der Waals surface area (Å²) < 4.78 is 0. The summed E-state index contributed by atoms with van der Waals surface area (Å²) in [5.74, 6) is 0.145. The Morgan fingerprint density at radius 2 is 1.25 bits per heavy atom. The molecule has 1 amide bonds. The molecular weight excluding hydrogens is 254 g/mol. The second kappa shape index (κ2) is 5.25. The number of rotatable bonds is 3. The summed E-state index contributed by atoms with van der Waals surface area (Å²) in [7, 11) is 1.58. The third kappa shape index (κ3) is 2.32. The zero-order valence-corrected chi connectivity index (χ0v) is 11.4. The molecule has 0 aliphatic rings. The zero-order valence-electron chi connectivity index (χ0n) is 11.4. The Bertz CT molecular complexity index is 557. The molecule has 20 heavy (non-hydrogen) atoms. The highest BCUT2D eigenvalue weighted by Crippen LogP contribution is 2.33. The van der Waals surface area contributed by atoms with Gasteiger partial charge in [-0.2, -0.15) is 0 Å².